The van der Waals surface area contributed by atoms with Crippen LogP contribution < -0.4 is 5.32 Å². The lowest BCUT2D eigenvalue weighted by Gasteiger charge is -2.35. The largest absolute Gasteiger partial charge is 0.379 e. The van der Waals surface area contributed by atoms with Crippen molar-refractivity contribution >= 4 is 11.8 Å². The number of nitrogens with one attached hydrogen (secondary N) is 1. The summed E-state index contributed by atoms with van der Waals surface area (Å²) in [6.07, 6.45) is 0. The summed E-state index contributed by atoms with van der Waals surface area (Å²) in [4.78, 5) is 33.1. The molecule has 0 spiro atoms. The molecule has 1 N–H and O–H groups in total. The van der Waals surface area contributed by atoms with Gasteiger partial charge in [-0.1, -0.05) is 29.8 Å². The molecule has 0 bridgehead atoms. The topological polar surface area (TPSA) is 74.8 Å². The zero-order valence-corrected chi connectivity index (χ0v) is 18.1. The van der Waals surface area contributed by atoms with Gasteiger partial charge in [-0.15, -0.1) is 0 Å². The van der Waals surface area contributed by atoms with Gasteiger partial charge in [-0.25, -0.2) is 4.98 Å². The van der Waals surface area contributed by atoms with Crippen LogP contribution in [0.15, 0.2) is 36.4 Å². The Hall–Kier alpha value is -2.77. The molecular formula is C23H30N4O3. The molecule has 1 aliphatic rings. The molecule has 0 aliphatic carbocycles. The minimum absolute atomic E-state index is 0.0707. The van der Waals surface area contributed by atoms with Crippen LogP contribution >= 0.6 is 0 Å². The van der Waals surface area contributed by atoms with E-state index in [2.05, 4.69) is 46.4 Å². The molecule has 1 aromatic carbocycles. The molecule has 30 heavy (non-hydrogen) atoms. The molecule has 2 amide bonds. The predicted octanol–water partition coefficient (Wildman–Crippen LogP) is 2.20. The minimum atomic E-state index is -0.186. The number of aromatic nitrogens is 1. The van der Waals surface area contributed by atoms with Crippen LogP contribution in [0.4, 0.5) is 0 Å². The number of benzene rings is 1. The molecule has 1 unspecified atom stereocenters. The summed E-state index contributed by atoms with van der Waals surface area (Å²) in [6, 6.07) is 11.8. The summed E-state index contributed by atoms with van der Waals surface area (Å²) in [5, 5.41) is 3.06. The maximum absolute atomic E-state index is 12.9. The standard InChI is InChI=1S/C23H30N4O3/c1-16-5-7-18(8-6-16)21(27-11-13-30-14-12-27)15-24-22(28)19-9-10-20(25-17(19)2)23(29)26(3)4/h5-10,21H,11-15H2,1-4H3,(H,24,28). The molecule has 1 saturated heterocycles. The monoisotopic (exact) mass is 410 g/mol. The molecule has 1 aliphatic heterocycles. The van der Waals surface area contributed by atoms with Gasteiger partial charge in [0.15, 0.2) is 0 Å². The fourth-order valence-corrected chi connectivity index (χ4v) is 3.57. The van der Waals surface area contributed by atoms with Gasteiger partial charge in [0.1, 0.15) is 5.69 Å². The minimum Gasteiger partial charge on any atom is -0.379 e. The third-order valence-corrected chi connectivity index (χ3v) is 5.36. The lowest BCUT2D eigenvalue weighted by atomic mass is 10.0. The van der Waals surface area contributed by atoms with Crippen molar-refractivity contribution in [1.29, 1.82) is 0 Å². The van der Waals surface area contributed by atoms with E-state index in [0.29, 0.717) is 36.7 Å². The van der Waals surface area contributed by atoms with E-state index in [4.69, 9.17) is 4.74 Å². The third kappa shape index (κ3) is 5.23. The number of hydrogen-bond donors (Lipinski definition) is 1. The quantitative estimate of drug-likeness (QED) is 0.790. The van der Waals surface area contributed by atoms with Gasteiger partial charge in [0, 0.05) is 33.7 Å². The molecule has 160 valence electrons. The molecule has 1 fully saturated rings. The maximum atomic E-state index is 12.9. The second kappa shape index (κ2) is 9.82. The maximum Gasteiger partial charge on any atom is 0.271 e. The van der Waals surface area contributed by atoms with Crippen LogP contribution in [0, 0.1) is 13.8 Å². The molecular weight excluding hydrogens is 380 g/mol. The van der Waals surface area contributed by atoms with Crippen molar-refractivity contribution in [1.82, 2.24) is 20.1 Å². The molecule has 7 heteroatoms. The van der Waals surface area contributed by atoms with Crippen molar-refractivity contribution in [3.05, 3.63) is 64.5 Å². The summed E-state index contributed by atoms with van der Waals surface area (Å²) < 4.78 is 5.49. The number of carbonyl (C=O) groups is 2. The van der Waals surface area contributed by atoms with Gasteiger partial charge >= 0.3 is 0 Å². The Bertz CT molecular complexity index is 890. The molecule has 0 radical (unpaired) electrons. The SMILES string of the molecule is Cc1ccc(C(CNC(=O)c2ccc(C(=O)N(C)C)nc2C)N2CCOCC2)cc1. The van der Waals surface area contributed by atoms with E-state index < -0.39 is 0 Å². The van der Waals surface area contributed by atoms with Gasteiger partial charge in [0.25, 0.3) is 11.8 Å². The number of ether oxygens (including phenoxy) is 1. The van der Waals surface area contributed by atoms with Gasteiger partial charge in [-0.3, -0.25) is 14.5 Å². The summed E-state index contributed by atoms with van der Waals surface area (Å²) in [6.45, 7) is 7.35. The smallest absolute Gasteiger partial charge is 0.271 e. The summed E-state index contributed by atoms with van der Waals surface area (Å²) >= 11 is 0. The molecule has 0 saturated carbocycles. The van der Waals surface area contributed by atoms with Crippen LogP contribution in [0.2, 0.25) is 0 Å². The van der Waals surface area contributed by atoms with Crippen LogP contribution in [0.5, 0.6) is 0 Å². The average Bonchev–Trinajstić information content (AvgIpc) is 2.75. The van der Waals surface area contributed by atoms with Gasteiger partial charge in [0.05, 0.1) is 30.5 Å². The highest BCUT2D eigenvalue weighted by Crippen LogP contribution is 2.22. The Morgan fingerprint density at radius 1 is 1.10 bits per heavy atom. The van der Waals surface area contributed by atoms with E-state index >= 15 is 0 Å². The first kappa shape index (κ1) is 21.9. The lowest BCUT2D eigenvalue weighted by Crippen LogP contribution is -2.44. The van der Waals surface area contributed by atoms with Crippen molar-refractivity contribution in [3.63, 3.8) is 0 Å². The predicted molar refractivity (Wildman–Crippen MR) is 116 cm³/mol. The first-order chi connectivity index (χ1) is 14.4. The molecule has 3 rings (SSSR count). The van der Waals surface area contributed by atoms with Crippen molar-refractivity contribution in [3.8, 4) is 0 Å². The van der Waals surface area contributed by atoms with Crippen molar-refractivity contribution in [2.24, 2.45) is 0 Å². The molecule has 1 aromatic heterocycles. The third-order valence-electron chi connectivity index (χ3n) is 5.36. The lowest BCUT2D eigenvalue weighted by molar-refractivity contribution is 0.0162. The van der Waals surface area contributed by atoms with Crippen LogP contribution in [0.1, 0.15) is 43.7 Å². The summed E-state index contributed by atoms with van der Waals surface area (Å²) in [5.74, 6) is -0.369. The Kier molecular flexibility index (Phi) is 7.18. The average molecular weight is 411 g/mol. The molecule has 7 nitrogen and oxygen atoms in total. The number of morpholine rings is 1. The van der Waals surface area contributed by atoms with E-state index in [1.54, 1.807) is 33.2 Å². The summed E-state index contributed by atoms with van der Waals surface area (Å²) in [5.41, 5.74) is 3.73. The number of hydrogen-bond acceptors (Lipinski definition) is 5. The Morgan fingerprint density at radius 3 is 2.37 bits per heavy atom. The highest BCUT2D eigenvalue weighted by Gasteiger charge is 2.24. The number of nitrogens with zero attached hydrogens (tertiary/aromatic N) is 3. The van der Waals surface area contributed by atoms with Gasteiger partial charge in [-0.2, -0.15) is 0 Å². The van der Waals surface area contributed by atoms with E-state index in [9.17, 15) is 9.59 Å². The number of rotatable bonds is 6. The van der Waals surface area contributed by atoms with Gasteiger partial charge in [0.2, 0.25) is 0 Å². The zero-order valence-electron chi connectivity index (χ0n) is 18.1. The number of amides is 2. The van der Waals surface area contributed by atoms with E-state index in [1.165, 1.54) is 16.0 Å². The normalized spacial score (nSPS) is 15.5. The van der Waals surface area contributed by atoms with Crippen LogP contribution in [0.25, 0.3) is 0 Å². The Morgan fingerprint density at radius 2 is 1.77 bits per heavy atom. The first-order valence-electron chi connectivity index (χ1n) is 10.2. The number of carbonyl (C=O) groups excluding carboxylic acids is 2. The van der Waals surface area contributed by atoms with Gasteiger partial charge < -0.3 is 15.0 Å². The molecule has 1 atom stereocenters. The van der Waals surface area contributed by atoms with Crippen LogP contribution in [-0.4, -0.2) is 73.5 Å². The van der Waals surface area contributed by atoms with Crippen LogP contribution in [0.3, 0.4) is 0 Å². The highest BCUT2D eigenvalue weighted by molar-refractivity contribution is 5.97. The Labute approximate surface area is 178 Å². The van der Waals surface area contributed by atoms with Crippen LogP contribution in [-0.2, 0) is 4.74 Å². The molecule has 2 heterocycles. The van der Waals surface area contributed by atoms with E-state index in [0.717, 1.165) is 13.1 Å². The van der Waals surface area contributed by atoms with E-state index in [1.807, 2.05) is 0 Å². The highest BCUT2D eigenvalue weighted by atomic mass is 16.5. The zero-order chi connectivity index (χ0) is 21.7. The Balaban J connectivity index is 1.74. The van der Waals surface area contributed by atoms with Crippen molar-refractivity contribution < 1.29 is 14.3 Å². The van der Waals surface area contributed by atoms with E-state index in [-0.39, 0.29) is 17.9 Å². The van der Waals surface area contributed by atoms with Gasteiger partial charge in [-0.05, 0) is 31.5 Å². The fourth-order valence-electron chi connectivity index (χ4n) is 3.57. The van der Waals surface area contributed by atoms with Crippen molar-refractivity contribution in [2.45, 2.75) is 19.9 Å². The van der Waals surface area contributed by atoms with Crippen molar-refractivity contribution in [2.75, 3.05) is 46.9 Å². The second-order valence-corrected chi connectivity index (χ2v) is 7.81. The fraction of sp³-hybridized carbons (Fsp3) is 0.435. The summed E-state index contributed by atoms with van der Waals surface area (Å²) in [7, 11) is 3.35. The first-order valence-corrected chi connectivity index (χ1v) is 10.2. The molecule has 2 aromatic rings. The second-order valence-electron chi connectivity index (χ2n) is 7.81. The number of pyridine rings is 1. The number of aryl methyl sites for hydroxylation is 2.